The van der Waals surface area contributed by atoms with E-state index in [2.05, 4.69) is 18.7 Å². The summed E-state index contributed by atoms with van der Waals surface area (Å²) in [6.07, 6.45) is 5.17. The second kappa shape index (κ2) is 9.32. The highest BCUT2D eigenvalue weighted by Gasteiger charge is 2.20. The number of piperazine rings is 1. The smallest absolute Gasteiger partial charge is 0.222 e. The fourth-order valence-electron chi connectivity index (χ4n) is 2.88. The van der Waals surface area contributed by atoms with Gasteiger partial charge in [-0.15, -0.1) is 0 Å². The molecule has 112 valence electrons. The van der Waals surface area contributed by atoms with Crippen LogP contribution >= 0.6 is 0 Å². The molecule has 0 aromatic carbocycles. The van der Waals surface area contributed by atoms with Gasteiger partial charge in [-0.2, -0.15) is 0 Å². The number of rotatable bonds is 8. The lowest BCUT2D eigenvalue weighted by atomic mass is 9.94. The van der Waals surface area contributed by atoms with Crippen molar-refractivity contribution in [1.82, 2.24) is 9.80 Å². The zero-order valence-corrected chi connectivity index (χ0v) is 12.7. The molecule has 0 aromatic rings. The zero-order valence-electron chi connectivity index (χ0n) is 12.7. The summed E-state index contributed by atoms with van der Waals surface area (Å²) in [6.45, 7) is 10.1. The van der Waals surface area contributed by atoms with E-state index in [0.29, 0.717) is 18.2 Å². The average Bonchev–Trinajstić information content (AvgIpc) is 2.45. The molecule has 1 saturated heterocycles. The third-order valence-corrected chi connectivity index (χ3v) is 4.21. The van der Waals surface area contributed by atoms with E-state index < -0.39 is 0 Å². The van der Waals surface area contributed by atoms with Gasteiger partial charge in [0.05, 0.1) is 0 Å². The van der Waals surface area contributed by atoms with Crippen LogP contribution in [-0.4, -0.2) is 55.0 Å². The van der Waals surface area contributed by atoms with Gasteiger partial charge in [0.15, 0.2) is 0 Å². The van der Waals surface area contributed by atoms with Crippen LogP contribution < -0.4 is 5.73 Å². The average molecular weight is 269 g/mol. The van der Waals surface area contributed by atoms with Crippen LogP contribution in [0.5, 0.6) is 0 Å². The molecule has 0 aliphatic carbocycles. The summed E-state index contributed by atoms with van der Waals surface area (Å²) in [5.41, 5.74) is 5.64. The maximum atomic E-state index is 12.2. The Kier molecular flexibility index (Phi) is 8.07. The lowest BCUT2D eigenvalue weighted by Crippen LogP contribution is -2.48. The molecule has 0 spiro atoms. The normalized spacial score (nSPS) is 18.6. The highest BCUT2D eigenvalue weighted by molar-refractivity contribution is 5.76. The minimum absolute atomic E-state index is 0.342. The predicted molar refractivity (Wildman–Crippen MR) is 80.0 cm³/mol. The third kappa shape index (κ3) is 5.91. The lowest BCUT2D eigenvalue weighted by molar-refractivity contribution is -0.133. The van der Waals surface area contributed by atoms with Crippen LogP contribution in [0.1, 0.15) is 46.0 Å². The molecule has 1 amide bonds. The fourth-order valence-corrected chi connectivity index (χ4v) is 2.88. The molecule has 19 heavy (non-hydrogen) atoms. The van der Waals surface area contributed by atoms with E-state index in [4.69, 9.17) is 5.73 Å². The Balaban J connectivity index is 2.26. The van der Waals surface area contributed by atoms with Crippen molar-refractivity contribution in [3.05, 3.63) is 0 Å². The second-order valence-corrected chi connectivity index (χ2v) is 5.59. The van der Waals surface area contributed by atoms with Crippen molar-refractivity contribution in [3.63, 3.8) is 0 Å². The third-order valence-electron chi connectivity index (χ3n) is 4.21. The minimum Gasteiger partial charge on any atom is -0.340 e. The summed E-state index contributed by atoms with van der Waals surface area (Å²) >= 11 is 0. The molecule has 1 unspecified atom stereocenters. The van der Waals surface area contributed by atoms with Gasteiger partial charge < -0.3 is 15.5 Å². The van der Waals surface area contributed by atoms with E-state index in [1.165, 1.54) is 12.8 Å². The van der Waals surface area contributed by atoms with Crippen LogP contribution in [0.4, 0.5) is 0 Å². The maximum Gasteiger partial charge on any atom is 0.222 e. The topological polar surface area (TPSA) is 49.6 Å². The summed E-state index contributed by atoms with van der Waals surface area (Å²) in [5, 5.41) is 0. The van der Waals surface area contributed by atoms with E-state index in [9.17, 15) is 4.79 Å². The number of hydrogen-bond acceptors (Lipinski definition) is 3. The van der Waals surface area contributed by atoms with E-state index >= 15 is 0 Å². The molecule has 0 radical (unpaired) electrons. The number of carbonyl (C=O) groups is 1. The number of carbonyl (C=O) groups excluding carboxylic acids is 1. The van der Waals surface area contributed by atoms with Gasteiger partial charge in [0.25, 0.3) is 0 Å². The molecule has 0 aromatic heterocycles. The van der Waals surface area contributed by atoms with Crippen LogP contribution in [-0.2, 0) is 4.79 Å². The monoisotopic (exact) mass is 269 g/mol. The van der Waals surface area contributed by atoms with Gasteiger partial charge in [0, 0.05) is 32.6 Å². The van der Waals surface area contributed by atoms with E-state index in [1.54, 1.807) is 0 Å². The molecule has 2 N–H and O–H groups in total. The molecular formula is C15H31N3O. The molecule has 1 heterocycles. The number of likely N-dealkylation sites (N-methyl/N-ethyl adjacent to an activating group) is 1. The van der Waals surface area contributed by atoms with Crippen LogP contribution in [0.3, 0.4) is 0 Å². The van der Waals surface area contributed by atoms with Crippen molar-refractivity contribution in [2.24, 2.45) is 11.7 Å². The first-order chi connectivity index (χ1) is 9.21. The minimum atomic E-state index is 0.342. The summed E-state index contributed by atoms with van der Waals surface area (Å²) in [5.74, 6) is 0.977. The fraction of sp³-hybridized carbons (Fsp3) is 0.933. The molecule has 1 aliphatic heterocycles. The first kappa shape index (κ1) is 16.4. The van der Waals surface area contributed by atoms with Gasteiger partial charge in [-0.25, -0.2) is 0 Å². The van der Waals surface area contributed by atoms with E-state index in [1.807, 2.05) is 4.90 Å². The summed E-state index contributed by atoms with van der Waals surface area (Å²) in [6, 6.07) is 0. The molecule has 1 fully saturated rings. The highest BCUT2D eigenvalue weighted by atomic mass is 16.2. The first-order valence-electron chi connectivity index (χ1n) is 7.91. The number of nitrogens with two attached hydrogens (primary N) is 1. The summed E-state index contributed by atoms with van der Waals surface area (Å²) < 4.78 is 0. The number of hydrogen-bond donors (Lipinski definition) is 1. The Morgan fingerprint density at radius 2 is 1.79 bits per heavy atom. The first-order valence-corrected chi connectivity index (χ1v) is 7.91. The summed E-state index contributed by atoms with van der Waals surface area (Å²) in [7, 11) is 0. The van der Waals surface area contributed by atoms with Gasteiger partial charge in [-0.1, -0.05) is 26.7 Å². The van der Waals surface area contributed by atoms with Crippen molar-refractivity contribution >= 4 is 5.91 Å². The SMILES string of the molecule is CCCC(CCN)CCC(=O)N1CCN(CC)CC1. The predicted octanol–water partition coefficient (Wildman–Crippen LogP) is 1.70. The molecule has 0 bridgehead atoms. The number of nitrogens with zero attached hydrogens (tertiary/aromatic N) is 2. The van der Waals surface area contributed by atoms with Gasteiger partial charge in [-0.3, -0.25) is 4.79 Å². The molecule has 0 saturated carbocycles. The molecule has 1 rings (SSSR count). The highest BCUT2D eigenvalue weighted by Crippen LogP contribution is 2.18. The Labute approximate surface area is 118 Å². The van der Waals surface area contributed by atoms with Crippen LogP contribution in [0.15, 0.2) is 0 Å². The van der Waals surface area contributed by atoms with Crippen molar-refractivity contribution in [3.8, 4) is 0 Å². The standard InChI is InChI=1S/C15H31N3O/c1-3-5-14(8-9-16)6-7-15(19)18-12-10-17(4-2)11-13-18/h14H,3-13,16H2,1-2H3. The second-order valence-electron chi connectivity index (χ2n) is 5.59. The van der Waals surface area contributed by atoms with Crippen LogP contribution in [0.25, 0.3) is 0 Å². The maximum absolute atomic E-state index is 12.2. The van der Waals surface area contributed by atoms with Crippen molar-refractivity contribution in [2.75, 3.05) is 39.3 Å². The van der Waals surface area contributed by atoms with Gasteiger partial charge in [-0.05, 0) is 31.8 Å². The van der Waals surface area contributed by atoms with Crippen LogP contribution in [0.2, 0.25) is 0 Å². The van der Waals surface area contributed by atoms with Gasteiger partial charge >= 0.3 is 0 Å². The molecule has 1 atom stereocenters. The zero-order chi connectivity index (χ0) is 14.1. The van der Waals surface area contributed by atoms with E-state index in [-0.39, 0.29) is 0 Å². The quantitative estimate of drug-likeness (QED) is 0.729. The molecule has 4 nitrogen and oxygen atoms in total. The van der Waals surface area contributed by atoms with Gasteiger partial charge in [0.2, 0.25) is 5.91 Å². The molecular weight excluding hydrogens is 238 g/mol. The Morgan fingerprint density at radius 1 is 1.11 bits per heavy atom. The Bertz CT molecular complexity index is 244. The van der Waals surface area contributed by atoms with Crippen LogP contribution in [0, 0.1) is 5.92 Å². The number of amides is 1. The largest absolute Gasteiger partial charge is 0.340 e. The van der Waals surface area contributed by atoms with E-state index in [0.717, 1.165) is 52.1 Å². The molecule has 4 heteroatoms. The molecule has 1 aliphatic rings. The lowest BCUT2D eigenvalue weighted by Gasteiger charge is -2.34. The van der Waals surface area contributed by atoms with Gasteiger partial charge in [0.1, 0.15) is 0 Å². The van der Waals surface area contributed by atoms with Crippen molar-refractivity contribution in [2.45, 2.75) is 46.0 Å². The van der Waals surface area contributed by atoms with Crippen molar-refractivity contribution < 1.29 is 4.79 Å². The Morgan fingerprint density at radius 3 is 2.32 bits per heavy atom. The Hall–Kier alpha value is -0.610. The van der Waals surface area contributed by atoms with Crippen molar-refractivity contribution in [1.29, 1.82) is 0 Å². The summed E-state index contributed by atoms with van der Waals surface area (Å²) in [4.78, 5) is 16.6.